The fourth-order valence-electron chi connectivity index (χ4n) is 3.33. The van der Waals surface area contributed by atoms with Crippen LogP contribution in [0.3, 0.4) is 0 Å². The van der Waals surface area contributed by atoms with Crippen molar-refractivity contribution in [2.45, 2.75) is 51.1 Å². The lowest BCUT2D eigenvalue weighted by Crippen LogP contribution is -2.51. The predicted molar refractivity (Wildman–Crippen MR) is 86.9 cm³/mol. The molecule has 124 valence electrons. The second-order valence-corrected chi connectivity index (χ2v) is 6.35. The largest absolute Gasteiger partial charge is 0.372 e. The molecule has 0 saturated heterocycles. The van der Waals surface area contributed by atoms with Gasteiger partial charge in [0.05, 0.1) is 11.4 Å². The van der Waals surface area contributed by atoms with E-state index in [0.29, 0.717) is 11.4 Å². The van der Waals surface area contributed by atoms with E-state index >= 15 is 0 Å². The first kappa shape index (κ1) is 15.8. The molecular formula is C17H22FN3O2. The minimum Gasteiger partial charge on any atom is -0.372 e. The van der Waals surface area contributed by atoms with Gasteiger partial charge in [0.2, 0.25) is 11.8 Å². The summed E-state index contributed by atoms with van der Waals surface area (Å²) in [6, 6.07) is 3.92. The van der Waals surface area contributed by atoms with Gasteiger partial charge in [-0.1, -0.05) is 19.3 Å². The van der Waals surface area contributed by atoms with Gasteiger partial charge < -0.3 is 10.6 Å². The van der Waals surface area contributed by atoms with E-state index in [2.05, 4.69) is 10.6 Å². The fraction of sp³-hybridized carbons (Fsp3) is 0.529. The SMILES string of the molecule is CC1Nc2cc(F)ccc2N(CC(=O)NC2CCCCC2)C1=O. The number of hydrogen-bond donors (Lipinski definition) is 2. The highest BCUT2D eigenvalue weighted by molar-refractivity contribution is 6.07. The van der Waals surface area contributed by atoms with Crippen molar-refractivity contribution in [1.82, 2.24) is 5.32 Å². The zero-order chi connectivity index (χ0) is 16.4. The van der Waals surface area contributed by atoms with E-state index in [4.69, 9.17) is 0 Å². The normalized spacial score (nSPS) is 21.6. The Kier molecular flexibility index (Phi) is 4.50. The van der Waals surface area contributed by atoms with Crippen LogP contribution >= 0.6 is 0 Å². The van der Waals surface area contributed by atoms with Gasteiger partial charge in [-0.05, 0) is 38.0 Å². The molecule has 0 radical (unpaired) electrons. The zero-order valence-corrected chi connectivity index (χ0v) is 13.3. The topological polar surface area (TPSA) is 61.4 Å². The second kappa shape index (κ2) is 6.56. The molecule has 2 amide bonds. The number of nitrogens with zero attached hydrogens (tertiary/aromatic N) is 1. The minimum atomic E-state index is -0.480. The minimum absolute atomic E-state index is 0.0278. The Labute approximate surface area is 135 Å². The summed E-state index contributed by atoms with van der Waals surface area (Å²) in [6.07, 6.45) is 5.49. The Morgan fingerprint density at radius 3 is 2.83 bits per heavy atom. The molecule has 1 aliphatic carbocycles. The first-order chi connectivity index (χ1) is 11.0. The number of carbonyl (C=O) groups is 2. The summed E-state index contributed by atoms with van der Waals surface area (Å²) in [4.78, 5) is 26.1. The second-order valence-electron chi connectivity index (χ2n) is 6.35. The number of halogens is 1. The van der Waals surface area contributed by atoms with Crippen molar-refractivity contribution in [2.24, 2.45) is 0 Å². The van der Waals surface area contributed by atoms with Gasteiger partial charge in [-0.3, -0.25) is 14.5 Å². The zero-order valence-electron chi connectivity index (χ0n) is 13.3. The monoisotopic (exact) mass is 319 g/mol. The third-order valence-electron chi connectivity index (χ3n) is 4.53. The number of nitrogens with one attached hydrogen (secondary N) is 2. The van der Waals surface area contributed by atoms with Gasteiger partial charge in [0, 0.05) is 6.04 Å². The number of fused-ring (bicyclic) bond motifs is 1. The van der Waals surface area contributed by atoms with E-state index in [1.807, 2.05) is 0 Å². The lowest BCUT2D eigenvalue weighted by Gasteiger charge is -2.34. The Morgan fingerprint density at radius 1 is 1.35 bits per heavy atom. The van der Waals surface area contributed by atoms with Gasteiger partial charge in [-0.15, -0.1) is 0 Å². The maximum Gasteiger partial charge on any atom is 0.249 e. The molecule has 23 heavy (non-hydrogen) atoms. The molecule has 0 spiro atoms. The molecule has 6 heteroatoms. The average Bonchev–Trinajstić information content (AvgIpc) is 2.52. The number of carbonyl (C=O) groups excluding carboxylic acids is 2. The molecule has 5 nitrogen and oxygen atoms in total. The van der Waals surface area contributed by atoms with Gasteiger partial charge in [0.25, 0.3) is 0 Å². The molecule has 0 aromatic heterocycles. The average molecular weight is 319 g/mol. The highest BCUT2D eigenvalue weighted by atomic mass is 19.1. The van der Waals surface area contributed by atoms with E-state index in [-0.39, 0.29) is 30.2 Å². The Morgan fingerprint density at radius 2 is 2.09 bits per heavy atom. The van der Waals surface area contributed by atoms with Crippen molar-refractivity contribution >= 4 is 23.2 Å². The number of hydrogen-bond acceptors (Lipinski definition) is 3. The maximum atomic E-state index is 13.4. The molecule has 1 aromatic rings. The van der Waals surface area contributed by atoms with Crippen molar-refractivity contribution < 1.29 is 14.0 Å². The van der Waals surface area contributed by atoms with Gasteiger partial charge in [-0.25, -0.2) is 4.39 Å². The van der Waals surface area contributed by atoms with Crippen molar-refractivity contribution in [2.75, 3.05) is 16.8 Å². The quantitative estimate of drug-likeness (QED) is 0.899. The van der Waals surface area contributed by atoms with E-state index < -0.39 is 6.04 Å². The molecule has 1 saturated carbocycles. The Bertz CT molecular complexity index is 614. The van der Waals surface area contributed by atoms with Crippen LogP contribution in [-0.2, 0) is 9.59 Å². The molecule has 1 unspecified atom stereocenters. The highest BCUT2D eigenvalue weighted by Gasteiger charge is 2.31. The number of amides is 2. The molecule has 0 bridgehead atoms. The van der Waals surface area contributed by atoms with Gasteiger partial charge in [0.15, 0.2) is 0 Å². The lowest BCUT2D eigenvalue weighted by atomic mass is 9.95. The maximum absolute atomic E-state index is 13.4. The summed E-state index contributed by atoms with van der Waals surface area (Å²) in [6.45, 7) is 1.68. The van der Waals surface area contributed by atoms with Crippen LogP contribution in [0.15, 0.2) is 18.2 Å². The smallest absolute Gasteiger partial charge is 0.249 e. The molecule has 2 aliphatic rings. The van der Waals surface area contributed by atoms with Crippen LogP contribution in [0.2, 0.25) is 0 Å². The van der Waals surface area contributed by atoms with Crippen LogP contribution in [0.25, 0.3) is 0 Å². The van der Waals surface area contributed by atoms with Crippen LogP contribution in [-0.4, -0.2) is 30.4 Å². The van der Waals surface area contributed by atoms with E-state index in [1.165, 1.54) is 29.5 Å². The Hall–Kier alpha value is -2.11. The van der Waals surface area contributed by atoms with Gasteiger partial charge >= 0.3 is 0 Å². The number of benzene rings is 1. The third kappa shape index (κ3) is 3.46. The summed E-state index contributed by atoms with van der Waals surface area (Å²) in [5.74, 6) is -0.707. The van der Waals surface area contributed by atoms with E-state index in [1.54, 1.807) is 6.92 Å². The van der Waals surface area contributed by atoms with Gasteiger partial charge in [-0.2, -0.15) is 0 Å². The molecular weight excluding hydrogens is 297 g/mol. The third-order valence-corrected chi connectivity index (χ3v) is 4.53. The van der Waals surface area contributed by atoms with Crippen LogP contribution in [0.5, 0.6) is 0 Å². The summed E-state index contributed by atoms with van der Waals surface area (Å²) < 4.78 is 13.4. The van der Waals surface area contributed by atoms with Crippen LogP contribution in [0.1, 0.15) is 39.0 Å². The van der Waals surface area contributed by atoms with Crippen molar-refractivity contribution in [1.29, 1.82) is 0 Å². The van der Waals surface area contributed by atoms with E-state index in [9.17, 15) is 14.0 Å². The standard InChI is InChI=1S/C17H22FN3O2/c1-11-17(23)21(15-8-7-12(18)9-14(15)19-11)10-16(22)20-13-5-3-2-4-6-13/h7-9,11,13,19H,2-6,10H2,1H3,(H,20,22). The number of anilines is 2. The summed E-state index contributed by atoms with van der Waals surface area (Å²) in [7, 11) is 0. The number of rotatable bonds is 3. The molecule has 1 atom stereocenters. The summed E-state index contributed by atoms with van der Waals surface area (Å²) in [5, 5.41) is 5.99. The molecule has 3 rings (SSSR count). The molecule has 1 aromatic carbocycles. The summed E-state index contributed by atoms with van der Waals surface area (Å²) in [5.41, 5.74) is 1.09. The van der Waals surface area contributed by atoms with Gasteiger partial charge in [0.1, 0.15) is 18.4 Å². The Balaban J connectivity index is 1.73. The first-order valence-electron chi connectivity index (χ1n) is 8.21. The van der Waals surface area contributed by atoms with E-state index in [0.717, 1.165) is 25.7 Å². The highest BCUT2D eigenvalue weighted by Crippen LogP contribution is 2.32. The lowest BCUT2D eigenvalue weighted by molar-refractivity contribution is -0.124. The van der Waals surface area contributed by atoms with Crippen LogP contribution in [0.4, 0.5) is 15.8 Å². The van der Waals surface area contributed by atoms with Crippen molar-refractivity contribution in [3.05, 3.63) is 24.0 Å². The molecule has 2 N–H and O–H groups in total. The first-order valence-corrected chi connectivity index (χ1v) is 8.21. The molecule has 1 heterocycles. The van der Waals surface area contributed by atoms with Crippen molar-refractivity contribution in [3.63, 3.8) is 0 Å². The van der Waals surface area contributed by atoms with Crippen LogP contribution < -0.4 is 15.5 Å². The molecule has 1 fully saturated rings. The summed E-state index contributed by atoms with van der Waals surface area (Å²) >= 11 is 0. The fourth-order valence-corrected chi connectivity index (χ4v) is 3.33. The van der Waals surface area contributed by atoms with Crippen molar-refractivity contribution in [3.8, 4) is 0 Å². The predicted octanol–water partition coefficient (Wildman–Crippen LogP) is 2.42. The van der Waals surface area contributed by atoms with Crippen LogP contribution in [0, 0.1) is 5.82 Å². The molecule has 1 aliphatic heterocycles.